The molecule has 4 aliphatic heterocycles. The smallest absolute Gasteiger partial charge is 0.303 e. The van der Waals surface area contributed by atoms with Gasteiger partial charge in [-0.05, 0) is 25.1 Å². The number of para-hydroxylation sites is 1. The van der Waals surface area contributed by atoms with Crippen molar-refractivity contribution in [1.82, 2.24) is 0 Å². The molecule has 19 nitrogen and oxygen atoms in total. The van der Waals surface area contributed by atoms with Crippen LogP contribution >= 0.6 is 0 Å². The van der Waals surface area contributed by atoms with Crippen molar-refractivity contribution in [3.8, 4) is 0 Å². The molecule has 0 bridgehead atoms. The Morgan fingerprint density at radius 1 is 0.711 bits per heavy atom. The van der Waals surface area contributed by atoms with E-state index in [0.29, 0.717) is 12.0 Å². The van der Waals surface area contributed by atoms with Gasteiger partial charge in [-0.25, -0.2) is 0 Å². The summed E-state index contributed by atoms with van der Waals surface area (Å²) in [5.41, 5.74) is 2.18. The lowest BCUT2D eigenvalue weighted by molar-refractivity contribution is -0.385. The second-order valence-electron chi connectivity index (χ2n) is 9.64. The van der Waals surface area contributed by atoms with Crippen molar-refractivity contribution in [2.75, 3.05) is 0 Å². The number of carbonyl (C=O) groups is 1. The standard InChI is InChI=1S/3C7H5N3O2.C5H8N2O2/c11-10(12)6-3-1-5(2-4-6)7-8-9-7;11-10(12)6-3-1-2-5(4-6)7-8-9-7;11-10(12)6-4-2-1-3-5(6)7-8-9-7;1-5(6-7-5)3-2-4(8)9/h3*1-4,7H;2-3H2,1H3,(H,8,9)/i3*8+1,9+1;6+1,7+1. The van der Waals surface area contributed by atoms with Crippen molar-refractivity contribution in [3.63, 3.8) is 0 Å². The third-order valence-corrected chi connectivity index (χ3v) is 6.14. The Balaban J connectivity index is 0.000000137. The van der Waals surface area contributed by atoms with Crippen molar-refractivity contribution in [2.24, 2.45) is 40.9 Å². The third kappa shape index (κ3) is 10.2. The Labute approximate surface area is 252 Å². The highest BCUT2D eigenvalue weighted by molar-refractivity contribution is 5.66. The summed E-state index contributed by atoms with van der Waals surface area (Å²) in [6, 6.07) is 19.1. The van der Waals surface area contributed by atoms with Gasteiger partial charge in [-0.3, -0.25) is 35.1 Å². The Kier molecular flexibility index (Phi) is 9.71. The first-order chi connectivity index (χ1) is 21.5. The van der Waals surface area contributed by atoms with Crippen LogP contribution < -0.4 is 0 Å². The van der Waals surface area contributed by atoms with E-state index >= 15 is 0 Å². The Morgan fingerprint density at radius 3 is 1.76 bits per heavy atom. The Morgan fingerprint density at radius 2 is 1.27 bits per heavy atom. The summed E-state index contributed by atoms with van der Waals surface area (Å²) in [7, 11) is 0. The largest absolute Gasteiger partial charge is 0.481 e. The van der Waals surface area contributed by atoms with E-state index in [1.54, 1.807) is 42.5 Å². The first kappa shape index (κ1) is 31.7. The van der Waals surface area contributed by atoms with Gasteiger partial charge in [0, 0.05) is 54.3 Å². The zero-order chi connectivity index (χ0) is 32.6. The van der Waals surface area contributed by atoms with E-state index in [1.165, 1.54) is 30.3 Å². The summed E-state index contributed by atoms with van der Waals surface area (Å²) >= 11 is 0. The second-order valence-corrected chi connectivity index (χ2v) is 9.64. The van der Waals surface area contributed by atoms with Gasteiger partial charge in [0.25, 0.3) is 17.1 Å². The monoisotopic (exact) mass is 625 g/mol. The van der Waals surface area contributed by atoms with Crippen LogP contribution in [0.2, 0.25) is 0 Å². The number of hydrogen-bond acceptors (Lipinski definition) is 15. The van der Waals surface area contributed by atoms with Gasteiger partial charge >= 0.3 is 5.97 Å². The summed E-state index contributed by atoms with van der Waals surface area (Å²) in [6.45, 7) is 1.82. The van der Waals surface area contributed by atoms with Crippen molar-refractivity contribution in [3.05, 3.63) is 120 Å². The summed E-state index contributed by atoms with van der Waals surface area (Å²) in [5, 5.41) is 68.7. The minimum atomic E-state index is -0.784. The van der Waals surface area contributed by atoms with Crippen LogP contribution in [0.5, 0.6) is 0 Å². The van der Waals surface area contributed by atoms with Crippen LogP contribution in [-0.2, 0) is 4.79 Å². The second kappa shape index (κ2) is 13.8. The molecule has 3 aromatic rings. The molecule has 0 fully saturated rings. The maximum Gasteiger partial charge on any atom is 0.303 e. The molecule has 0 radical (unpaired) electrons. The first-order valence-electron chi connectivity index (χ1n) is 13.0. The number of carboxylic acids is 1. The number of nitro benzene ring substituents is 3. The molecule has 0 spiro atoms. The van der Waals surface area contributed by atoms with Gasteiger partial charge in [0.15, 0.2) is 5.66 Å². The number of carboxylic acid groups (broad SMARTS) is 1. The van der Waals surface area contributed by atoms with Crippen LogP contribution in [0.3, 0.4) is 0 Å². The van der Waals surface area contributed by atoms with Crippen LogP contribution in [0.4, 0.5) is 17.1 Å². The summed E-state index contributed by atoms with van der Waals surface area (Å²) in [5.74, 6) is -0.784. The predicted octanol–water partition coefficient (Wildman–Crippen LogP) is 7.21. The molecule has 45 heavy (non-hydrogen) atoms. The molecule has 0 saturated heterocycles. The molecule has 0 aliphatic carbocycles. The van der Waals surface area contributed by atoms with Crippen LogP contribution in [-0.4, -0.2) is 31.5 Å². The van der Waals surface area contributed by atoms with E-state index in [-0.39, 0.29) is 47.6 Å². The fourth-order valence-corrected chi connectivity index (χ4v) is 3.46. The van der Waals surface area contributed by atoms with Gasteiger partial charge in [0.05, 0.1) is 20.3 Å². The number of rotatable bonds is 9. The van der Waals surface area contributed by atoms with Crippen LogP contribution in [0.25, 0.3) is 0 Å². The highest BCUT2D eigenvalue weighted by Gasteiger charge is 2.33. The van der Waals surface area contributed by atoms with E-state index in [1.807, 2.05) is 6.92 Å². The maximum atomic E-state index is 10.5. The quantitative estimate of drug-likeness (QED) is 0.144. The topological polar surface area (TPSA) is 266 Å². The maximum absolute atomic E-state index is 10.5. The lowest BCUT2D eigenvalue weighted by atomic mass is 10.2. The fraction of sp³-hybridized carbons (Fsp3) is 0.269. The average molecular weight is 625 g/mol. The van der Waals surface area contributed by atoms with E-state index in [0.717, 1.165) is 11.1 Å². The molecule has 19 heteroatoms. The van der Waals surface area contributed by atoms with Gasteiger partial charge in [-0.2, -0.15) is 40.9 Å². The first-order valence-corrected chi connectivity index (χ1v) is 13.0. The molecular formula is C26H23N11O8. The Hall–Kier alpha value is -6.27. The molecule has 0 amide bonds. The lowest BCUT2D eigenvalue weighted by Gasteiger charge is -1.97. The number of hydrogen-bond donors (Lipinski definition) is 1. The highest BCUT2D eigenvalue weighted by atomic mass is 16.6. The normalized spacial score (nSPS) is 15.7. The van der Waals surface area contributed by atoms with Crippen LogP contribution in [0, 0.1) is 30.3 Å². The van der Waals surface area contributed by atoms with Crippen molar-refractivity contribution >= 4 is 23.0 Å². The summed E-state index contributed by atoms with van der Waals surface area (Å²) < 4.78 is 0. The molecule has 0 saturated carbocycles. The predicted molar refractivity (Wildman–Crippen MR) is 152 cm³/mol. The number of benzene rings is 3. The van der Waals surface area contributed by atoms with Crippen molar-refractivity contribution in [1.29, 1.82) is 0 Å². The molecule has 7 rings (SSSR count). The molecule has 3 aromatic carbocycles. The number of aliphatic carboxylic acids is 1. The molecule has 0 atom stereocenters. The molecule has 1 N–H and O–H groups in total. The van der Waals surface area contributed by atoms with Crippen molar-refractivity contribution < 1.29 is 24.7 Å². The van der Waals surface area contributed by atoms with Gasteiger partial charge in [-0.15, -0.1) is 0 Å². The molecule has 4 heterocycles. The van der Waals surface area contributed by atoms with Gasteiger partial charge in [0.1, 0.15) is 0 Å². The lowest BCUT2D eigenvalue weighted by Crippen LogP contribution is -2.07. The minimum Gasteiger partial charge on any atom is -0.481 e. The summed E-state index contributed by atoms with van der Waals surface area (Å²) in [4.78, 5) is 39.8. The van der Waals surface area contributed by atoms with Gasteiger partial charge in [-0.1, -0.05) is 24.3 Å². The summed E-state index contributed by atoms with van der Waals surface area (Å²) in [6.07, 6.45) is 0.147. The van der Waals surface area contributed by atoms with E-state index in [4.69, 9.17) is 5.11 Å². The number of non-ortho nitro benzene ring substituents is 2. The van der Waals surface area contributed by atoms with E-state index in [2.05, 4.69) is 40.9 Å². The molecule has 0 aromatic heterocycles. The fourth-order valence-electron chi connectivity index (χ4n) is 3.46. The van der Waals surface area contributed by atoms with E-state index < -0.39 is 20.7 Å². The minimum absolute atomic E-state index is 0.0780. The van der Waals surface area contributed by atoms with Crippen LogP contribution in [0.1, 0.15) is 55.0 Å². The Bertz CT molecular complexity index is 1700. The molecular weight excluding hydrogens is 602 g/mol. The third-order valence-electron chi connectivity index (χ3n) is 6.14. The highest BCUT2D eigenvalue weighted by Crippen LogP contribution is 2.36. The SMILES string of the molecule is CC1(CCC(=O)O)[15N]=[15N]1.O=[N+]([O-])c1ccc(C2[15N]=[15N]2)cc1.O=[N+]([O-])c1cccc(C2[15N]=[15N]2)c1.O=[N+]([O-])c1ccccc1C1[15N]=[15N]1. The van der Waals surface area contributed by atoms with Gasteiger partial charge in [0.2, 0.25) is 18.5 Å². The average Bonchev–Trinajstić information content (AvgIpc) is 3.84. The zero-order valence-corrected chi connectivity index (χ0v) is 23.3. The molecule has 230 valence electrons. The van der Waals surface area contributed by atoms with Crippen LogP contribution in [0.15, 0.2) is 114 Å². The zero-order valence-electron chi connectivity index (χ0n) is 23.3. The van der Waals surface area contributed by atoms with E-state index in [9.17, 15) is 35.1 Å². The molecule has 0 unspecified atom stereocenters. The van der Waals surface area contributed by atoms with Crippen molar-refractivity contribution in [2.45, 2.75) is 43.9 Å². The number of nitro groups is 3. The molecule has 4 aliphatic rings. The van der Waals surface area contributed by atoms with Gasteiger partial charge < -0.3 is 5.11 Å². The number of nitrogens with zero attached hydrogens (tertiary/aromatic N) is 11.